The topological polar surface area (TPSA) is 61.8 Å². The highest BCUT2D eigenvalue weighted by Gasteiger charge is 2.06. The number of ether oxygens (including phenoxy) is 3. The molecule has 5 heteroatoms. The molecule has 2 aromatic carbocycles. The van der Waals surface area contributed by atoms with E-state index in [9.17, 15) is 9.59 Å². The molecule has 0 atom stereocenters. The van der Waals surface area contributed by atoms with Crippen molar-refractivity contribution in [1.82, 2.24) is 0 Å². The van der Waals surface area contributed by atoms with Crippen LogP contribution in [0.5, 0.6) is 11.5 Å². The number of carbonyl (C=O) groups is 2. The molecule has 2 rings (SSSR count). The van der Waals surface area contributed by atoms with Gasteiger partial charge in [0.1, 0.15) is 11.5 Å². The third-order valence-corrected chi connectivity index (χ3v) is 4.85. The van der Waals surface area contributed by atoms with Gasteiger partial charge in [0.25, 0.3) is 0 Å². The Hall–Kier alpha value is -3.08. The van der Waals surface area contributed by atoms with Gasteiger partial charge in [0.15, 0.2) is 0 Å². The van der Waals surface area contributed by atoms with Gasteiger partial charge in [-0.05, 0) is 60.9 Å². The van der Waals surface area contributed by atoms with Crippen molar-refractivity contribution in [1.29, 1.82) is 0 Å². The summed E-state index contributed by atoms with van der Waals surface area (Å²) in [6.07, 6.45) is 10.6. The molecule has 0 bridgehead atoms. The Morgan fingerprint density at radius 1 is 0.750 bits per heavy atom. The Balaban J connectivity index is 1.76. The summed E-state index contributed by atoms with van der Waals surface area (Å²) in [7, 11) is 0. The van der Waals surface area contributed by atoms with E-state index in [-0.39, 0.29) is 5.97 Å². The zero-order valence-corrected chi connectivity index (χ0v) is 19.2. The van der Waals surface area contributed by atoms with E-state index in [1.54, 1.807) is 54.6 Å². The van der Waals surface area contributed by atoms with E-state index >= 15 is 0 Å². The lowest BCUT2D eigenvalue weighted by molar-refractivity contribution is -0.128. The van der Waals surface area contributed by atoms with Crippen molar-refractivity contribution < 1.29 is 23.8 Å². The molecule has 32 heavy (non-hydrogen) atoms. The molecule has 2 aromatic rings. The van der Waals surface area contributed by atoms with Gasteiger partial charge < -0.3 is 14.2 Å². The third-order valence-electron chi connectivity index (χ3n) is 4.85. The minimum absolute atomic E-state index is 0.329. The lowest BCUT2D eigenvalue weighted by Gasteiger charge is -2.07. The van der Waals surface area contributed by atoms with E-state index in [1.807, 2.05) is 0 Å². The normalized spacial score (nSPS) is 10.8. The van der Waals surface area contributed by atoms with Crippen LogP contribution in [0, 0.1) is 0 Å². The first-order chi connectivity index (χ1) is 15.6. The molecule has 0 amide bonds. The Morgan fingerprint density at radius 3 is 2.06 bits per heavy atom. The molecular formula is C27H34O5. The molecule has 0 N–H and O–H groups in total. The molecule has 0 aliphatic carbocycles. The second-order valence-corrected chi connectivity index (χ2v) is 7.60. The first-order valence-electron chi connectivity index (χ1n) is 11.5. The van der Waals surface area contributed by atoms with E-state index in [4.69, 9.17) is 14.2 Å². The first-order valence-corrected chi connectivity index (χ1v) is 11.5. The maximum absolute atomic E-state index is 12.1. The van der Waals surface area contributed by atoms with E-state index in [0.29, 0.717) is 24.5 Å². The van der Waals surface area contributed by atoms with Crippen LogP contribution in [0.15, 0.2) is 54.6 Å². The van der Waals surface area contributed by atoms with Crippen LogP contribution in [-0.2, 0) is 9.53 Å². The molecule has 0 fully saturated rings. The Bertz CT molecular complexity index is 837. The summed E-state index contributed by atoms with van der Waals surface area (Å²) in [5, 5.41) is 0. The molecule has 0 heterocycles. The van der Waals surface area contributed by atoms with Gasteiger partial charge in [-0.15, -0.1) is 0 Å². The van der Waals surface area contributed by atoms with E-state index in [2.05, 4.69) is 13.8 Å². The molecule has 0 aromatic heterocycles. The summed E-state index contributed by atoms with van der Waals surface area (Å²) in [6.45, 7) is 5.41. The number of esters is 2. The third kappa shape index (κ3) is 9.82. The zero-order valence-electron chi connectivity index (χ0n) is 19.2. The highest BCUT2D eigenvalue weighted by atomic mass is 16.5. The molecule has 0 aliphatic rings. The fourth-order valence-corrected chi connectivity index (χ4v) is 2.97. The van der Waals surface area contributed by atoms with E-state index in [1.165, 1.54) is 25.3 Å². The number of benzene rings is 2. The van der Waals surface area contributed by atoms with Crippen molar-refractivity contribution in [3.63, 3.8) is 0 Å². The quantitative estimate of drug-likeness (QED) is 0.144. The standard InChI is InChI=1S/C27H34O5/c1-3-5-7-9-20-30-24-15-17-25(18-16-24)32-26(28)19-12-22-10-13-23(14-11-22)27(29)31-21-8-6-4-2/h10-19H,3-9,20-21H2,1-2H3. The Kier molecular flexibility index (Phi) is 11.7. The van der Waals surface area contributed by atoms with Gasteiger partial charge in [-0.2, -0.15) is 0 Å². The average Bonchev–Trinajstić information content (AvgIpc) is 2.81. The van der Waals surface area contributed by atoms with Crippen LogP contribution in [0.3, 0.4) is 0 Å². The first kappa shape index (κ1) is 25.2. The summed E-state index contributed by atoms with van der Waals surface area (Å²) >= 11 is 0. The summed E-state index contributed by atoms with van der Waals surface area (Å²) < 4.78 is 16.2. The number of hydrogen-bond donors (Lipinski definition) is 0. The number of unbranched alkanes of at least 4 members (excludes halogenated alkanes) is 5. The van der Waals surface area contributed by atoms with Gasteiger partial charge in [0, 0.05) is 6.08 Å². The van der Waals surface area contributed by atoms with Crippen LogP contribution < -0.4 is 9.47 Å². The molecule has 0 aliphatic heterocycles. The Labute approximate surface area is 191 Å². The number of rotatable bonds is 14. The molecular weight excluding hydrogens is 404 g/mol. The van der Waals surface area contributed by atoms with Gasteiger partial charge in [-0.1, -0.05) is 58.1 Å². The highest BCUT2D eigenvalue weighted by Crippen LogP contribution is 2.18. The van der Waals surface area contributed by atoms with Gasteiger partial charge in [0.05, 0.1) is 18.8 Å². The van der Waals surface area contributed by atoms with Gasteiger partial charge in [-0.3, -0.25) is 0 Å². The van der Waals surface area contributed by atoms with Crippen LogP contribution in [0.1, 0.15) is 74.7 Å². The van der Waals surface area contributed by atoms with Crippen molar-refractivity contribution >= 4 is 18.0 Å². The molecule has 0 saturated carbocycles. The van der Waals surface area contributed by atoms with E-state index < -0.39 is 5.97 Å². The fraction of sp³-hybridized carbons (Fsp3) is 0.407. The second-order valence-electron chi connectivity index (χ2n) is 7.60. The number of carbonyl (C=O) groups excluding carboxylic acids is 2. The maximum atomic E-state index is 12.1. The minimum atomic E-state index is -0.474. The van der Waals surface area contributed by atoms with Gasteiger partial charge in [0.2, 0.25) is 0 Å². The zero-order chi connectivity index (χ0) is 23.0. The second kappa shape index (κ2) is 14.8. The van der Waals surface area contributed by atoms with Crippen molar-refractivity contribution in [2.24, 2.45) is 0 Å². The van der Waals surface area contributed by atoms with Gasteiger partial charge >= 0.3 is 11.9 Å². The monoisotopic (exact) mass is 438 g/mol. The lowest BCUT2D eigenvalue weighted by Crippen LogP contribution is -2.06. The predicted octanol–water partition coefficient (Wildman–Crippen LogP) is 6.61. The molecule has 0 spiro atoms. The predicted molar refractivity (Wildman–Crippen MR) is 127 cm³/mol. The molecule has 5 nitrogen and oxygen atoms in total. The van der Waals surface area contributed by atoms with Crippen LogP contribution in [0.25, 0.3) is 6.08 Å². The molecule has 0 saturated heterocycles. The SMILES string of the molecule is CCCCCCOc1ccc(OC(=O)C=Cc2ccc(C(=O)OCCCCC)cc2)cc1. The van der Waals surface area contributed by atoms with E-state index in [0.717, 1.165) is 37.0 Å². The maximum Gasteiger partial charge on any atom is 0.338 e. The molecule has 172 valence electrons. The largest absolute Gasteiger partial charge is 0.494 e. The number of hydrogen-bond acceptors (Lipinski definition) is 5. The summed E-state index contributed by atoms with van der Waals surface area (Å²) in [5.74, 6) is 0.419. The van der Waals surface area contributed by atoms with Crippen molar-refractivity contribution in [3.8, 4) is 11.5 Å². The van der Waals surface area contributed by atoms with Gasteiger partial charge in [-0.25, -0.2) is 9.59 Å². The summed E-state index contributed by atoms with van der Waals surface area (Å²) in [6, 6.07) is 13.9. The van der Waals surface area contributed by atoms with Crippen LogP contribution >= 0.6 is 0 Å². The highest BCUT2D eigenvalue weighted by molar-refractivity contribution is 5.91. The van der Waals surface area contributed by atoms with Crippen molar-refractivity contribution in [3.05, 3.63) is 65.7 Å². The lowest BCUT2D eigenvalue weighted by atomic mass is 10.1. The van der Waals surface area contributed by atoms with Crippen molar-refractivity contribution in [2.75, 3.05) is 13.2 Å². The van der Waals surface area contributed by atoms with Crippen LogP contribution in [0.4, 0.5) is 0 Å². The summed E-state index contributed by atoms with van der Waals surface area (Å²) in [5.41, 5.74) is 1.28. The molecule has 0 unspecified atom stereocenters. The van der Waals surface area contributed by atoms with Crippen LogP contribution in [0.2, 0.25) is 0 Å². The Morgan fingerprint density at radius 2 is 1.38 bits per heavy atom. The average molecular weight is 439 g/mol. The summed E-state index contributed by atoms with van der Waals surface area (Å²) in [4.78, 5) is 24.1. The van der Waals surface area contributed by atoms with Crippen LogP contribution in [-0.4, -0.2) is 25.2 Å². The molecule has 0 radical (unpaired) electrons. The van der Waals surface area contributed by atoms with Crippen molar-refractivity contribution in [2.45, 2.75) is 58.8 Å². The fourth-order valence-electron chi connectivity index (χ4n) is 2.97. The smallest absolute Gasteiger partial charge is 0.338 e. The minimum Gasteiger partial charge on any atom is -0.494 e.